The first-order chi connectivity index (χ1) is 10.2. The van der Waals surface area contributed by atoms with Crippen molar-refractivity contribution in [3.63, 3.8) is 0 Å². The number of benzene rings is 1. The molecular formula is C16H21N3O2. The minimum absolute atomic E-state index is 0.0725. The number of hydrogen-bond donors (Lipinski definition) is 1. The molecule has 2 aliphatic heterocycles. The number of amides is 2. The van der Waals surface area contributed by atoms with Gasteiger partial charge in [0.2, 0.25) is 5.91 Å². The number of nitrogens with zero attached hydrogens (tertiary/aromatic N) is 2. The number of hydrogen-bond acceptors (Lipinski definition) is 3. The monoisotopic (exact) mass is 287 g/mol. The Morgan fingerprint density at radius 3 is 2.62 bits per heavy atom. The Morgan fingerprint density at radius 2 is 2.00 bits per heavy atom. The van der Waals surface area contributed by atoms with Crippen LogP contribution in [0.15, 0.2) is 24.3 Å². The van der Waals surface area contributed by atoms with E-state index in [1.165, 1.54) is 0 Å². The average molecular weight is 287 g/mol. The number of piperazine rings is 1. The van der Waals surface area contributed by atoms with Crippen LogP contribution in [0.4, 0.5) is 5.69 Å². The lowest BCUT2D eigenvalue weighted by Crippen LogP contribution is -2.52. The summed E-state index contributed by atoms with van der Waals surface area (Å²) in [7, 11) is 0. The van der Waals surface area contributed by atoms with Gasteiger partial charge in [-0.05, 0) is 37.6 Å². The fourth-order valence-corrected chi connectivity index (χ4v) is 3.01. The van der Waals surface area contributed by atoms with Gasteiger partial charge in [0.05, 0.1) is 0 Å². The van der Waals surface area contributed by atoms with Crippen molar-refractivity contribution in [2.45, 2.75) is 25.8 Å². The van der Waals surface area contributed by atoms with Crippen LogP contribution in [0.25, 0.3) is 0 Å². The Labute approximate surface area is 124 Å². The lowest BCUT2D eigenvalue weighted by molar-refractivity contribution is -0.117. The molecule has 0 aliphatic carbocycles. The predicted octanol–water partition coefficient (Wildman–Crippen LogP) is 1.25. The van der Waals surface area contributed by atoms with Crippen molar-refractivity contribution in [2.24, 2.45) is 0 Å². The van der Waals surface area contributed by atoms with Crippen molar-refractivity contribution < 1.29 is 9.59 Å². The fourth-order valence-electron chi connectivity index (χ4n) is 3.01. The molecule has 1 aromatic rings. The molecule has 0 spiro atoms. The minimum Gasteiger partial charge on any atom is -0.333 e. The summed E-state index contributed by atoms with van der Waals surface area (Å²) in [6, 6.07) is 7.63. The summed E-state index contributed by atoms with van der Waals surface area (Å²) in [5.41, 5.74) is 1.58. The van der Waals surface area contributed by atoms with Gasteiger partial charge in [-0.2, -0.15) is 0 Å². The van der Waals surface area contributed by atoms with Gasteiger partial charge in [-0.25, -0.2) is 0 Å². The molecule has 0 bridgehead atoms. The van der Waals surface area contributed by atoms with Gasteiger partial charge >= 0.3 is 0 Å². The van der Waals surface area contributed by atoms with E-state index in [2.05, 4.69) is 12.2 Å². The highest BCUT2D eigenvalue weighted by atomic mass is 16.2. The number of nitrogens with one attached hydrogen (secondary N) is 1. The topological polar surface area (TPSA) is 52.7 Å². The summed E-state index contributed by atoms with van der Waals surface area (Å²) in [5.74, 6) is 0.244. The van der Waals surface area contributed by atoms with Crippen LogP contribution >= 0.6 is 0 Å². The standard InChI is InChI=1S/C16H21N3O2/c1-12-11-17-8-10-18(12)16(21)13-4-6-14(7-5-13)19-9-2-3-15(19)20/h4-7,12,17H,2-3,8-11H2,1H3/t12-/m1/s1. The molecule has 5 heteroatoms. The molecule has 1 atom stereocenters. The molecule has 5 nitrogen and oxygen atoms in total. The molecule has 21 heavy (non-hydrogen) atoms. The molecule has 0 unspecified atom stereocenters. The van der Waals surface area contributed by atoms with Crippen molar-refractivity contribution >= 4 is 17.5 Å². The van der Waals surface area contributed by atoms with Crippen molar-refractivity contribution in [1.29, 1.82) is 0 Å². The van der Waals surface area contributed by atoms with Gasteiger partial charge in [0.15, 0.2) is 0 Å². The van der Waals surface area contributed by atoms with Crippen molar-refractivity contribution in [2.75, 3.05) is 31.1 Å². The third-order valence-corrected chi connectivity index (χ3v) is 4.26. The van der Waals surface area contributed by atoms with Crippen LogP contribution in [0.3, 0.4) is 0 Å². The van der Waals surface area contributed by atoms with Crippen LogP contribution < -0.4 is 10.2 Å². The molecule has 2 heterocycles. The quantitative estimate of drug-likeness (QED) is 0.890. The van der Waals surface area contributed by atoms with Crippen LogP contribution in [0.5, 0.6) is 0 Å². The van der Waals surface area contributed by atoms with Crippen molar-refractivity contribution in [3.05, 3.63) is 29.8 Å². The first-order valence-electron chi connectivity index (χ1n) is 7.59. The molecule has 2 amide bonds. The molecule has 2 saturated heterocycles. The van der Waals surface area contributed by atoms with Crippen LogP contribution in [-0.2, 0) is 4.79 Å². The Balaban J connectivity index is 1.74. The van der Waals surface area contributed by atoms with E-state index in [1.807, 2.05) is 29.2 Å². The van der Waals surface area contributed by atoms with Gasteiger partial charge in [0, 0.05) is 49.9 Å². The Bertz CT molecular complexity index is 541. The third kappa shape index (κ3) is 2.78. The predicted molar refractivity (Wildman–Crippen MR) is 81.4 cm³/mol. The van der Waals surface area contributed by atoms with Crippen LogP contribution in [0.2, 0.25) is 0 Å². The molecule has 0 aromatic heterocycles. The molecule has 1 aromatic carbocycles. The van der Waals surface area contributed by atoms with Crippen molar-refractivity contribution in [1.82, 2.24) is 10.2 Å². The van der Waals surface area contributed by atoms with E-state index in [1.54, 1.807) is 4.90 Å². The Hall–Kier alpha value is -1.88. The van der Waals surface area contributed by atoms with E-state index >= 15 is 0 Å². The lowest BCUT2D eigenvalue weighted by atomic mass is 10.1. The average Bonchev–Trinajstić information content (AvgIpc) is 2.93. The summed E-state index contributed by atoms with van der Waals surface area (Å²) in [4.78, 5) is 28.0. The maximum absolute atomic E-state index is 12.5. The molecule has 112 valence electrons. The largest absolute Gasteiger partial charge is 0.333 e. The van der Waals surface area contributed by atoms with E-state index in [4.69, 9.17) is 0 Å². The van der Waals surface area contributed by atoms with E-state index in [9.17, 15) is 9.59 Å². The normalized spacial score (nSPS) is 22.7. The zero-order valence-corrected chi connectivity index (χ0v) is 12.3. The zero-order valence-electron chi connectivity index (χ0n) is 12.3. The molecule has 2 aliphatic rings. The highest BCUT2D eigenvalue weighted by molar-refractivity contribution is 5.97. The van der Waals surface area contributed by atoms with Gasteiger partial charge in [0.25, 0.3) is 5.91 Å². The Morgan fingerprint density at radius 1 is 1.24 bits per heavy atom. The number of rotatable bonds is 2. The molecular weight excluding hydrogens is 266 g/mol. The summed E-state index contributed by atoms with van der Waals surface area (Å²) >= 11 is 0. The molecule has 1 N–H and O–H groups in total. The van der Waals surface area contributed by atoms with Crippen LogP contribution in [0.1, 0.15) is 30.1 Å². The van der Waals surface area contributed by atoms with E-state index in [0.29, 0.717) is 12.0 Å². The van der Waals surface area contributed by atoms with E-state index in [-0.39, 0.29) is 17.9 Å². The number of anilines is 1. The second kappa shape index (κ2) is 5.85. The molecule has 0 radical (unpaired) electrons. The maximum atomic E-state index is 12.5. The smallest absolute Gasteiger partial charge is 0.254 e. The summed E-state index contributed by atoms with van der Waals surface area (Å²) < 4.78 is 0. The summed E-state index contributed by atoms with van der Waals surface area (Å²) in [6.45, 7) is 5.26. The summed E-state index contributed by atoms with van der Waals surface area (Å²) in [5, 5.41) is 3.28. The SMILES string of the molecule is C[C@@H]1CNCCN1C(=O)c1ccc(N2CCCC2=O)cc1. The van der Waals surface area contributed by atoms with Crippen molar-refractivity contribution in [3.8, 4) is 0 Å². The van der Waals surface area contributed by atoms with Crippen LogP contribution in [-0.4, -0.2) is 48.9 Å². The third-order valence-electron chi connectivity index (χ3n) is 4.26. The van der Waals surface area contributed by atoms with Gasteiger partial charge in [-0.1, -0.05) is 0 Å². The van der Waals surface area contributed by atoms with Gasteiger partial charge < -0.3 is 15.1 Å². The van der Waals surface area contributed by atoms with Crippen LogP contribution in [0, 0.1) is 0 Å². The first kappa shape index (κ1) is 14.1. The van der Waals surface area contributed by atoms with E-state index < -0.39 is 0 Å². The minimum atomic E-state index is 0.0725. The second-order valence-corrected chi connectivity index (χ2v) is 5.75. The summed E-state index contributed by atoms with van der Waals surface area (Å²) in [6.07, 6.45) is 1.54. The number of carbonyl (C=O) groups excluding carboxylic acids is 2. The zero-order chi connectivity index (χ0) is 14.8. The highest BCUT2D eigenvalue weighted by Crippen LogP contribution is 2.22. The molecule has 2 fully saturated rings. The van der Waals surface area contributed by atoms with E-state index in [0.717, 1.165) is 38.3 Å². The first-order valence-corrected chi connectivity index (χ1v) is 7.59. The number of carbonyl (C=O) groups is 2. The molecule has 3 rings (SSSR count). The fraction of sp³-hybridized carbons (Fsp3) is 0.500. The molecule has 0 saturated carbocycles. The highest BCUT2D eigenvalue weighted by Gasteiger charge is 2.25. The maximum Gasteiger partial charge on any atom is 0.254 e. The van der Waals surface area contributed by atoms with Gasteiger partial charge in [-0.15, -0.1) is 0 Å². The lowest BCUT2D eigenvalue weighted by Gasteiger charge is -2.34. The van der Waals surface area contributed by atoms with Gasteiger partial charge in [-0.3, -0.25) is 9.59 Å². The Kier molecular flexibility index (Phi) is 3.92. The van der Waals surface area contributed by atoms with Gasteiger partial charge in [0.1, 0.15) is 0 Å². The second-order valence-electron chi connectivity index (χ2n) is 5.75.